The molecule has 2 atom stereocenters. The molecule has 0 saturated carbocycles. The van der Waals surface area contributed by atoms with Gasteiger partial charge in [0.2, 0.25) is 5.91 Å². The number of hydrogen-bond acceptors (Lipinski definition) is 3. The molecule has 2 aliphatic rings. The maximum Gasteiger partial charge on any atom is 0.245 e. The quantitative estimate of drug-likeness (QED) is 0.840. The van der Waals surface area contributed by atoms with Crippen molar-refractivity contribution in [1.82, 2.24) is 4.90 Å². The monoisotopic (exact) mass is 262 g/mol. The Balaban J connectivity index is 1.72. The molecule has 0 radical (unpaired) electrons. The number of rotatable bonds is 1. The minimum Gasteiger partial charge on any atom is -0.373 e. The lowest BCUT2D eigenvalue weighted by Crippen LogP contribution is -2.50. The van der Waals surface area contributed by atoms with Crippen LogP contribution in [-0.4, -0.2) is 40.9 Å². The molecule has 1 saturated heterocycles. The van der Waals surface area contributed by atoms with Crippen molar-refractivity contribution < 1.29 is 4.79 Å². The summed E-state index contributed by atoms with van der Waals surface area (Å²) < 4.78 is 0. The van der Waals surface area contributed by atoms with Gasteiger partial charge in [-0.05, 0) is 18.6 Å². The lowest BCUT2D eigenvalue weighted by atomic mass is 10.1. The Bertz CT molecular complexity index is 438. The van der Waals surface area contributed by atoms with Crippen LogP contribution in [-0.2, 0) is 11.2 Å². The average molecular weight is 262 g/mol. The van der Waals surface area contributed by atoms with E-state index in [-0.39, 0.29) is 11.9 Å². The van der Waals surface area contributed by atoms with E-state index in [1.54, 1.807) is 0 Å². The van der Waals surface area contributed by atoms with Crippen molar-refractivity contribution in [2.75, 3.05) is 23.4 Å². The highest BCUT2D eigenvalue weighted by molar-refractivity contribution is 7.99. The number of carbonyl (C=O) groups excluding carboxylic acids is 1. The number of hydrogen-bond donors (Lipinski definition) is 1. The van der Waals surface area contributed by atoms with E-state index < -0.39 is 0 Å². The topological polar surface area (TPSA) is 32.3 Å². The Labute approximate surface area is 112 Å². The molecule has 0 spiro atoms. The van der Waals surface area contributed by atoms with Crippen molar-refractivity contribution in [1.29, 1.82) is 0 Å². The first kappa shape index (κ1) is 11.9. The number of nitrogens with one attached hydrogen (secondary N) is 1. The molecule has 1 unspecified atom stereocenters. The van der Waals surface area contributed by atoms with E-state index in [0.717, 1.165) is 30.2 Å². The lowest BCUT2D eigenvalue weighted by molar-refractivity contribution is -0.133. The van der Waals surface area contributed by atoms with Crippen molar-refractivity contribution in [3.63, 3.8) is 0 Å². The smallest absolute Gasteiger partial charge is 0.245 e. The third-order valence-corrected chi connectivity index (χ3v) is 4.91. The Morgan fingerprint density at radius 2 is 2.28 bits per heavy atom. The second-order valence-electron chi connectivity index (χ2n) is 5.01. The van der Waals surface area contributed by atoms with Gasteiger partial charge in [-0.1, -0.05) is 18.2 Å². The van der Waals surface area contributed by atoms with Crippen LogP contribution in [0.5, 0.6) is 0 Å². The van der Waals surface area contributed by atoms with Gasteiger partial charge in [-0.3, -0.25) is 4.79 Å². The highest BCUT2D eigenvalue weighted by atomic mass is 32.2. The number of benzene rings is 1. The molecule has 0 bridgehead atoms. The summed E-state index contributed by atoms with van der Waals surface area (Å²) in [5.41, 5.74) is 2.38. The van der Waals surface area contributed by atoms with Gasteiger partial charge in [0.25, 0.3) is 0 Å². The number of para-hydroxylation sites is 1. The molecule has 2 aliphatic heterocycles. The van der Waals surface area contributed by atoms with Gasteiger partial charge >= 0.3 is 0 Å². The summed E-state index contributed by atoms with van der Waals surface area (Å²) in [6, 6.07) is 8.50. The summed E-state index contributed by atoms with van der Waals surface area (Å²) in [7, 11) is 0. The third-order valence-electron chi connectivity index (χ3n) is 3.72. The molecule has 1 aromatic carbocycles. The van der Waals surface area contributed by atoms with Crippen LogP contribution in [0.25, 0.3) is 0 Å². The molecule has 1 aromatic rings. The van der Waals surface area contributed by atoms with Gasteiger partial charge in [0, 0.05) is 36.2 Å². The zero-order valence-electron chi connectivity index (χ0n) is 10.6. The van der Waals surface area contributed by atoms with E-state index in [9.17, 15) is 4.79 Å². The van der Waals surface area contributed by atoms with Crippen LogP contribution in [0.15, 0.2) is 24.3 Å². The average Bonchev–Trinajstić information content (AvgIpc) is 2.82. The third kappa shape index (κ3) is 2.09. The molecule has 0 aliphatic carbocycles. The van der Waals surface area contributed by atoms with Crippen molar-refractivity contribution in [2.45, 2.75) is 25.4 Å². The fourth-order valence-corrected chi connectivity index (χ4v) is 3.72. The molecular weight excluding hydrogens is 244 g/mol. The maximum absolute atomic E-state index is 12.5. The number of amides is 1. The molecule has 3 nitrogen and oxygen atoms in total. The number of fused-ring (bicyclic) bond motifs is 1. The first-order valence-corrected chi connectivity index (χ1v) is 7.64. The van der Waals surface area contributed by atoms with Crippen molar-refractivity contribution in [2.24, 2.45) is 0 Å². The van der Waals surface area contributed by atoms with Gasteiger partial charge in [0.15, 0.2) is 0 Å². The molecule has 0 aromatic heterocycles. The van der Waals surface area contributed by atoms with E-state index in [0.29, 0.717) is 6.04 Å². The second-order valence-corrected chi connectivity index (χ2v) is 6.16. The highest BCUT2D eigenvalue weighted by Crippen LogP contribution is 2.27. The molecule has 96 valence electrons. The zero-order chi connectivity index (χ0) is 12.5. The maximum atomic E-state index is 12.5. The first-order valence-electron chi connectivity index (χ1n) is 6.48. The van der Waals surface area contributed by atoms with Gasteiger partial charge in [-0.25, -0.2) is 0 Å². The fraction of sp³-hybridized carbons (Fsp3) is 0.500. The molecule has 1 N–H and O–H groups in total. The van der Waals surface area contributed by atoms with Crippen LogP contribution in [0.1, 0.15) is 12.5 Å². The van der Waals surface area contributed by atoms with E-state index in [1.165, 1.54) is 5.56 Å². The van der Waals surface area contributed by atoms with Crippen molar-refractivity contribution in [3.05, 3.63) is 29.8 Å². The van der Waals surface area contributed by atoms with E-state index in [4.69, 9.17) is 0 Å². The number of thioether (sulfide) groups is 1. The lowest BCUT2D eigenvalue weighted by Gasteiger charge is -2.34. The fourth-order valence-electron chi connectivity index (χ4n) is 2.70. The summed E-state index contributed by atoms with van der Waals surface area (Å²) in [4.78, 5) is 14.6. The van der Waals surface area contributed by atoms with Crippen LogP contribution in [0, 0.1) is 0 Å². The zero-order valence-corrected chi connectivity index (χ0v) is 11.4. The molecule has 2 heterocycles. The molecular formula is C14H18N2OS. The molecule has 4 heteroatoms. The summed E-state index contributed by atoms with van der Waals surface area (Å²) in [5.74, 6) is 2.39. The second kappa shape index (κ2) is 4.84. The first-order chi connectivity index (χ1) is 8.75. The van der Waals surface area contributed by atoms with Gasteiger partial charge < -0.3 is 10.2 Å². The van der Waals surface area contributed by atoms with Gasteiger partial charge in [-0.15, -0.1) is 0 Å². The van der Waals surface area contributed by atoms with Gasteiger partial charge in [0.1, 0.15) is 6.04 Å². The SMILES string of the molecule is CC1CSCCN1C(=O)[C@@H]1Cc2ccccc2N1. The van der Waals surface area contributed by atoms with Gasteiger partial charge in [0.05, 0.1) is 0 Å². The van der Waals surface area contributed by atoms with Crippen molar-refractivity contribution >= 4 is 23.4 Å². The largest absolute Gasteiger partial charge is 0.373 e. The van der Waals surface area contributed by atoms with Crippen LogP contribution in [0.4, 0.5) is 5.69 Å². The number of nitrogens with zero attached hydrogens (tertiary/aromatic N) is 1. The van der Waals surface area contributed by atoms with Crippen LogP contribution in [0.3, 0.4) is 0 Å². The number of anilines is 1. The summed E-state index contributed by atoms with van der Waals surface area (Å²) in [5, 5.41) is 3.35. The number of carbonyl (C=O) groups is 1. The van der Waals surface area contributed by atoms with Gasteiger partial charge in [-0.2, -0.15) is 11.8 Å². The van der Waals surface area contributed by atoms with Crippen LogP contribution < -0.4 is 5.32 Å². The summed E-state index contributed by atoms with van der Waals surface area (Å²) >= 11 is 1.94. The Hall–Kier alpha value is -1.16. The minimum atomic E-state index is -0.0621. The minimum absolute atomic E-state index is 0.0621. The van der Waals surface area contributed by atoms with Crippen LogP contribution in [0.2, 0.25) is 0 Å². The van der Waals surface area contributed by atoms with Crippen LogP contribution >= 0.6 is 11.8 Å². The van der Waals surface area contributed by atoms with E-state index >= 15 is 0 Å². The molecule has 18 heavy (non-hydrogen) atoms. The van der Waals surface area contributed by atoms with Crippen molar-refractivity contribution in [3.8, 4) is 0 Å². The standard InChI is InChI=1S/C14H18N2OS/c1-10-9-18-7-6-16(10)14(17)13-8-11-4-2-3-5-12(11)15-13/h2-5,10,13,15H,6-9H2,1H3/t10?,13-/m0/s1. The molecule has 1 fully saturated rings. The normalized spacial score (nSPS) is 26.6. The Morgan fingerprint density at radius 1 is 1.44 bits per heavy atom. The predicted molar refractivity (Wildman–Crippen MR) is 76.1 cm³/mol. The predicted octanol–water partition coefficient (Wildman–Crippen LogP) is 1.99. The summed E-state index contributed by atoms with van der Waals surface area (Å²) in [6.07, 6.45) is 0.825. The van der Waals surface area contributed by atoms with E-state index in [1.807, 2.05) is 28.8 Å². The highest BCUT2D eigenvalue weighted by Gasteiger charge is 2.33. The summed E-state index contributed by atoms with van der Waals surface area (Å²) in [6.45, 7) is 3.03. The molecule has 3 rings (SSSR count). The van der Waals surface area contributed by atoms with E-state index in [2.05, 4.69) is 24.4 Å². The Morgan fingerprint density at radius 3 is 3.06 bits per heavy atom. The Kier molecular flexibility index (Phi) is 3.20. The molecule has 1 amide bonds.